The minimum atomic E-state index is -0.464. The second-order valence-corrected chi connectivity index (χ2v) is 5.04. The molecule has 21 heavy (non-hydrogen) atoms. The Morgan fingerprint density at radius 3 is 2.95 bits per heavy atom. The number of benzene rings is 1. The van der Waals surface area contributed by atoms with Crippen LogP contribution in [-0.4, -0.2) is 50.8 Å². The molecule has 8 heteroatoms. The maximum atomic E-state index is 12.2. The number of nitrogens with one attached hydrogen (secondary N) is 1. The highest BCUT2D eigenvalue weighted by molar-refractivity contribution is 7.71. The molecule has 1 aromatic carbocycles. The number of aromatic amines is 1. The number of fused-ring (bicyclic) bond motifs is 3. The van der Waals surface area contributed by atoms with Crippen LogP contribution in [0.25, 0.3) is 16.7 Å². The Bertz CT molecular complexity index is 923. The van der Waals surface area contributed by atoms with Crippen molar-refractivity contribution in [2.75, 3.05) is 14.1 Å². The summed E-state index contributed by atoms with van der Waals surface area (Å²) in [4.78, 5) is 22.1. The molecule has 0 fully saturated rings. The molecule has 3 rings (SSSR count). The van der Waals surface area contributed by atoms with Gasteiger partial charge >= 0.3 is 5.91 Å². The molecule has 0 atom stereocenters. The number of carbonyl (C=O) groups excluding carboxylic acids is 1. The Balaban J connectivity index is 2.31. The van der Waals surface area contributed by atoms with Crippen molar-refractivity contribution in [3.8, 4) is 0 Å². The van der Waals surface area contributed by atoms with Gasteiger partial charge in [-0.25, -0.2) is 4.98 Å². The SMILES string of the molecule is CN(C)C=NC(=O)c1nc2ccccc2n2c(=S)[nH]nc12. The first-order chi connectivity index (χ1) is 10.1. The topological polar surface area (TPSA) is 78.6 Å². The Morgan fingerprint density at radius 1 is 1.43 bits per heavy atom. The van der Waals surface area contributed by atoms with E-state index in [1.54, 1.807) is 23.4 Å². The molecule has 0 bridgehead atoms. The zero-order chi connectivity index (χ0) is 15.0. The number of aromatic nitrogens is 4. The van der Waals surface area contributed by atoms with Crippen LogP contribution in [0, 0.1) is 4.77 Å². The first-order valence-corrected chi connectivity index (χ1v) is 6.59. The lowest BCUT2D eigenvalue weighted by Gasteiger charge is -2.05. The summed E-state index contributed by atoms with van der Waals surface area (Å²) in [5, 5.41) is 6.78. The summed E-state index contributed by atoms with van der Waals surface area (Å²) in [5.74, 6) is -0.464. The first-order valence-electron chi connectivity index (χ1n) is 6.19. The smallest absolute Gasteiger partial charge is 0.300 e. The van der Waals surface area contributed by atoms with Crippen LogP contribution in [0.15, 0.2) is 29.3 Å². The highest BCUT2D eigenvalue weighted by Gasteiger charge is 2.16. The molecule has 0 spiro atoms. The van der Waals surface area contributed by atoms with Crippen molar-refractivity contribution in [3.05, 3.63) is 34.7 Å². The number of aliphatic imine (C=N–C) groups is 1. The predicted molar refractivity (Wildman–Crippen MR) is 82.2 cm³/mol. The van der Waals surface area contributed by atoms with Crippen LogP contribution in [0.3, 0.4) is 0 Å². The summed E-state index contributed by atoms with van der Waals surface area (Å²) in [7, 11) is 3.57. The van der Waals surface area contributed by atoms with Crippen molar-refractivity contribution in [2.24, 2.45) is 4.99 Å². The van der Waals surface area contributed by atoms with E-state index < -0.39 is 5.91 Å². The van der Waals surface area contributed by atoms with E-state index in [9.17, 15) is 4.79 Å². The molecule has 7 nitrogen and oxygen atoms in total. The van der Waals surface area contributed by atoms with E-state index in [1.165, 1.54) is 6.34 Å². The molecule has 3 aromatic rings. The number of H-pyrrole nitrogens is 1. The summed E-state index contributed by atoms with van der Waals surface area (Å²) in [6.45, 7) is 0. The zero-order valence-corrected chi connectivity index (χ0v) is 12.3. The van der Waals surface area contributed by atoms with Gasteiger partial charge in [-0.1, -0.05) is 12.1 Å². The minimum absolute atomic E-state index is 0.166. The second-order valence-electron chi connectivity index (χ2n) is 4.65. The fourth-order valence-corrected chi connectivity index (χ4v) is 2.20. The van der Waals surface area contributed by atoms with Gasteiger partial charge in [0.2, 0.25) is 0 Å². The van der Waals surface area contributed by atoms with E-state index in [1.807, 2.05) is 24.3 Å². The lowest BCUT2D eigenvalue weighted by atomic mass is 10.3. The van der Waals surface area contributed by atoms with Gasteiger partial charge in [0, 0.05) is 14.1 Å². The average Bonchev–Trinajstić information content (AvgIpc) is 2.86. The van der Waals surface area contributed by atoms with Gasteiger partial charge in [-0.15, -0.1) is 0 Å². The molecule has 106 valence electrons. The van der Waals surface area contributed by atoms with Crippen LogP contribution >= 0.6 is 12.2 Å². The van der Waals surface area contributed by atoms with Gasteiger partial charge in [-0.05, 0) is 24.4 Å². The Morgan fingerprint density at radius 2 is 2.19 bits per heavy atom. The third-order valence-electron chi connectivity index (χ3n) is 2.85. The minimum Gasteiger partial charge on any atom is -0.369 e. The van der Waals surface area contributed by atoms with Crippen LogP contribution in [0.2, 0.25) is 0 Å². The molecule has 2 heterocycles. The van der Waals surface area contributed by atoms with Crippen LogP contribution in [0.4, 0.5) is 0 Å². The van der Waals surface area contributed by atoms with Crippen molar-refractivity contribution >= 4 is 41.1 Å². The van der Waals surface area contributed by atoms with Crippen molar-refractivity contribution in [1.29, 1.82) is 0 Å². The van der Waals surface area contributed by atoms with E-state index in [0.717, 1.165) is 5.52 Å². The molecule has 1 N–H and O–H groups in total. The lowest BCUT2D eigenvalue weighted by Crippen LogP contribution is -2.11. The fourth-order valence-electron chi connectivity index (χ4n) is 1.97. The average molecular weight is 300 g/mol. The zero-order valence-electron chi connectivity index (χ0n) is 11.4. The molecular formula is C13H12N6OS. The fraction of sp³-hybridized carbons (Fsp3) is 0.154. The molecule has 0 saturated heterocycles. The van der Waals surface area contributed by atoms with E-state index in [2.05, 4.69) is 20.2 Å². The second kappa shape index (κ2) is 5.06. The van der Waals surface area contributed by atoms with Gasteiger partial charge in [0.1, 0.15) is 0 Å². The van der Waals surface area contributed by atoms with E-state index >= 15 is 0 Å². The van der Waals surface area contributed by atoms with E-state index in [0.29, 0.717) is 15.9 Å². The molecule has 0 unspecified atom stereocenters. The van der Waals surface area contributed by atoms with Crippen LogP contribution in [-0.2, 0) is 0 Å². The normalized spacial score (nSPS) is 11.5. The van der Waals surface area contributed by atoms with Crippen LogP contribution < -0.4 is 0 Å². The number of hydrogen-bond donors (Lipinski definition) is 1. The Kier molecular flexibility index (Phi) is 3.22. The summed E-state index contributed by atoms with van der Waals surface area (Å²) in [6, 6.07) is 7.42. The van der Waals surface area contributed by atoms with Crippen molar-refractivity contribution in [3.63, 3.8) is 0 Å². The van der Waals surface area contributed by atoms with Gasteiger partial charge in [0.05, 0.1) is 17.4 Å². The monoisotopic (exact) mass is 300 g/mol. The largest absolute Gasteiger partial charge is 0.369 e. The molecular weight excluding hydrogens is 288 g/mol. The predicted octanol–water partition coefficient (Wildman–Crippen LogP) is 1.67. The Labute approximate surface area is 124 Å². The lowest BCUT2D eigenvalue weighted by molar-refractivity contribution is 0.0999. The maximum Gasteiger partial charge on any atom is 0.300 e. The van der Waals surface area contributed by atoms with Gasteiger partial charge < -0.3 is 4.90 Å². The molecule has 1 amide bonds. The third kappa shape index (κ3) is 2.29. The van der Waals surface area contributed by atoms with Gasteiger partial charge in [-0.2, -0.15) is 10.1 Å². The highest BCUT2D eigenvalue weighted by Crippen LogP contribution is 2.17. The van der Waals surface area contributed by atoms with E-state index in [4.69, 9.17) is 12.2 Å². The Hall–Kier alpha value is -2.61. The number of rotatable bonds is 2. The molecule has 0 saturated carbocycles. The van der Waals surface area contributed by atoms with Crippen molar-refractivity contribution in [1.82, 2.24) is 24.5 Å². The number of carbonyl (C=O) groups is 1. The summed E-state index contributed by atoms with van der Waals surface area (Å²) >= 11 is 5.23. The molecule has 0 aliphatic carbocycles. The summed E-state index contributed by atoms with van der Waals surface area (Å²) < 4.78 is 2.10. The van der Waals surface area contributed by atoms with Crippen molar-refractivity contribution in [2.45, 2.75) is 0 Å². The number of hydrogen-bond acceptors (Lipinski definition) is 4. The molecule has 0 aliphatic rings. The summed E-state index contributed by atoms with van der Waals surface area (Å²) in [5.41, 5.74) is 1.99. The van der Waals surface area contributed by atoms with Gasteiger partial charge in [0.15, 0.2) is 16.1 Å². The number of nitrogens with zero attached hydrogens (tertiary/aromatic N) is 5. The molecule has 0 radical (unpaired) electrons. The summed E-state index contributed by atoms with van der Waals surface area (Å²) in [6.07, 6.45) is 1.43. The van der Waals surface area contributed by atoms with Crippen LogP contribution in [0.1, 0.15) is 10.5 Å². The van der Waals surface area contributed by atoms with Crippen LogP contribution in [0.5, 0.6) is 0 Å². The standard InChI is InChI=1S/C13H12N6OS/c1-18(2)7-14-12(20)10-11-16-17-13(21)19(11)9-6-4-3-5-8(9)15-10/h3-7H,1-2H3,(H,17,21). The number of amides is 1. The molecule has 0 aliphatic heterocycles. The van der Waals surface area contributed by atoms with Crippen molar-refractivity contribution < 1.29 is 4.79 Å². The molecule has 2 aromatic heterocycles. The van der Waals surface area contributed by atoms with E-state index in [-0.39, 0.29) is 5.69 Å². The highest BCUT2D eigenvalue weighted by atomic mass is 32.1. The third-order valence-corrected chi connectivity index (χ3v) is 3.12. The van der Waals surface area contributed by atoms with Gasteiger partial charge in [-0.3, -0.25) is 14.3 Å². The maximum absolute atomic E-state index is 12.2. The number of para-hydroxylation sites is 2. The quantitative estimate of drug-likeness (QED) is 0.442. The van der Waals surface area contributed by atoms with Gasteiger partial charge in [0.25, 0.3) is 0 Å². The first kappa shape index (κ1) is 13.4.